The molecule has 0 N–H and O–H groups in total. The Balaban J connectivity index is 1.90. The number of fused-ring (bicyclic) bond motifs is 1. The van der Waals surface area contributed by atoms with Gasteiger partial charge in [0.1, 0.15) is 12.4 Å². The van der Waals surface area contributed by atoms with Crippen LogP contribution < -0.4 is 4.74 Å². The lowest BCUT2D eigenvalue weighted by Crippen LogP contribution is -2.07. The summed E-state index contributed by atoms with van der Waals surface area (Å²) in [5, 5.41) is 0.758. The molecule has 0 amide bonds. The van der Waals surface area contributed by atoms with Gasteiger partial charge in [-0.2, -0.15) is 0 Å². The van der Waals surface area contributed by atoms with Gasteiger partial charge in [-0.05, 0) is 47.9 Å². The van der Waals surface area contributed by atoms with Crippen molar-refractivity contribution >= 4 is 23.8 Å². The molecular formula is C18H15ClO. The summed E-state index contributed by atoms with van der Waals surface area (Å²) in [4.78, 5) is 0. The normalized spacial score (nSPS) is 14.3. The van der Waals surface area contributed by atoms with Gasteiger partial charge in [-0.15, -0.1) is 0 Å². The first kappa shape index (κ1) is 13.0. The lowest BCUT2D eigenvalue weighted by Gasteiger charge is -2.18. The molecule has 2 aromatic rings. The van der Waals surface area contributed by atoms with Crippen LogP contribution in [-0.4, -0.2) is 6.61 Å². The minimum absolute atomic E-state index is 0.618. The third kappa shape index (κ3) is 2.78. The Bertz CT molecular complexity index is 681. The Morgan fingerprint density at radius 2 is 1.85 bits per heavy atom. The van der Waals surface area contributed by atoms with Crippen LogP contribution in [0.3, 0.4) is 0 Å². The number of hydrogen-bond donors (Lipinski definition) is 0. The topological polar surface area (TPSA) is 9.23 Å². The first-order valence-corrected chi connectivity index (χ1v) is 6.97. The summed E-state index contributed by atoms with van der Waals surface area (Å²) in [7, 11) is 0. The highest BCUT2D eigenvalue weighted by Gasteiger charge is 2.11. The summed E-state index contributed by atoms with van der Waals surface area (Å²) in [5.74, 6) is 0.954. The molecule has 1 aliphatic rings. The maximum absolute atomic E-state index is 5.90. The number of hydrogen-bond acceptors (Lipinski definition) is 1. The van der Waals surface area contributed by atoms with E-state index in [-0.39, 0.29) is 0 Å². The highest BCUT2D eigenvalue weighted by atomic mass is 35.5. The summed E-state index contributed by atoms with van der Waals surface area (Å²) in [6.45, 7) is 2.73. The second-order valence-corrected chi connectivity index (χ2v) is 5.31. The monoisotopic (exact) mass is 282 g/mol. The third-order valence-electron chi connectivity index (χ3n) is 3.39. The van der Waals surface area contributed by atoms with Crippen LogP contribution in [0.4, 0.5) is 0 Å². The van der Waals surface area contributed by atoms with Crippen LogP contribution in [0.5, 0.6) is 5.75 Å². The Morgan fingerprint density at radius 3 is 2.65 bits per heavy atom. The fourth-order valence-electron chi connectivity index (χ4n) is 2.25. The summed E-state index contributed by atoms with van der Waals surface area (Å²) >= 11 is 5.90. The van der Waals surface area contributed by atoms with E-state index < -0.39 is 0 Å². The molecule has 1 heterocycles. The standard InChI is InChI=1S/C18H15ClO/c1-13(10-14-6-8-17(19)9-7-14)16-11-15-4-2-3-5-18(15)20-12-16/h2-11H,12H2,1H3. The molecule has 20 heavy (non-hydrogen) atoms. The predicted molar refractivity (Wildman–Crippen MR) is 85.0 cm³/mol. The van der Waals surface area contributed by atoms with Gasteiger partial charge < -0.3 is 4.74 Å². The molecule has 0 aliphatic carbocycles. The van der Waals surface area contributed by atoms with Gasteiger partial charge in [-0.25, -0.2) is 0 Å². The molecule has 0 spiro atoms. The SMILES string of the molecule is CC(=Cc1ccc(Cl)cc1)C1=Cc2ccccc2OC1. The number of para-hydroxylation sites is 1. The summed E-state index contributed by atoms with van der Waals surface area (Å²) < 4.78 is 5.78. The molecule has 2 heteroatoms. The van der Waals surface area contributed by atoms with E-state index in [1.165, 1.54) is 11.1 Å². The number of ether oxygens (including phenoxy) is 1. The van der Waals surface area contributed by atoms with Crippen molar-refractivity contribution < 1.29 is 4.74 Å². The molecule has 2 aromatic carbocycles. The zero-order valence-corrected chi connectivity index (χ0v) is 12.0. The molecule has 0 aromatic heterocycles. The zero-order valence-electron chi connectivity index (χ0n) is 11.3. The van der Waals surface area contributed by atoms with Gasteiger partial charge in [0.15, 0.2) is 0 Å². The van der Waals surface area contributed by atoms with Gasteiger partial charge in [0.25, 0.3) is 0 Å². The minimum atomic E-state index is 0.618. The van der Waals surface area contributed by atoms with Crippen LogP contribution in [-0.2, 0) is 0 Å². The second-order valence-electron chi connectivity index (χ2n) is 4.87. The number of halogens is 1. The van der Waals surface area contributed by atoms with Crippen molar-refractivity contribution in [2.24, 2.45) is 0 Å². The lowest BCUT2D eigenvalue weighted by molar-refractivity contribution is 0.349. The van der Waals surface area contributed by atoms with Crippen molar-refractivity contribution in [2.45, 2.75) is 6.92 Å². The Hall–Kier alpha value is -1.99. The maximum atomic E-state index is 5.90. The Labute approximate surface area is 124 Å². The van der Waals surface area contributed by atoms with Crippen molar-refractivity contribution in [1.82, 2.24) is 0 Å². The molecule has 0 unspecified atom stereocenters. The molecule has 1 aliphatic heterocycles. The van der Waals surface area contributed by atoms with E-state index in [9.17, 15) is 0 Å². The molecule has 0 fully saturated rings. The van der Waals surface area contributed by atoms with Crippen LogP contribution in [0.15, 0.2) is 59.7 Å². The quantitative estimate of drug-likeness (QED) is 0.734. The fourth-order valence-corrected chi connectivity index (χ4v) is 2.37. The van der Waals surface area contributed by atoms with Gasteiger partial charge in [0.2, 0.25) is 0 Å². The van der Waals surface area contributed by atoms with Crippen LogP contribution in [0.1, 0.15) is 18.1 Å². The summed E-state index contributed by atoms with van der Waals surface area (Å²) in [5.41, 5.74) is 4.70. The first-order valence-electron chi connectivity index (χ1n) is 6.59. The third-order valence-corrected chi connectivity index (χ3v) is 3.64. The van der Waals surface area contributed by atoms with Crippen molar-refractivity contribution in [3.8, 4) is 5.75 Å². The maximum Gasteiger partial charge on any atom is 0.127 e. The molecule has 0 bridgehead atoms. The van der Waals surface area contributed by atoms with E-state index in [2.05, 4.69) is 25.1 Å². The zero-order chi connectivity index (χ0) is 13.9. The van der Waals surface area contributed by atoms with Crippen molar-refractivity contribution in [2.75, 3.05) is 6.61 Å². The van der Waals surface area contributed by atoms with Crippen molar-refractivity contribution in [3.05, 3.63) is 75.8 Å². The minimum Gasteiger partial charge on any atom is -0.488 e. The fraction of sp³-hybridized carbons (Fsp3) is 0.111. The molecule has 3 rings (SSSR count). The van der Waals surface area contributed by atoms with Crippen molar-refractivity contribution in [3.63, 3.8) is 0 Å². The largest absolute Gasteiger partial charge is 0.488 e. The second kappa shape index (κ2) is 5.56. The van der Waals surface area contributed by atoms with E-state index in [1.54, 1.807) is 0 Å². The van der Waals surface area contributed by atoms with Gasteiger partial charge in [-0.1, -0.05) is 48.0 Å². The van der Waals surface area contributed by atoms with Crippen LogP contribution in [0.2, 0.25) is 5.02 Å². The van der Waals surface area contributed by atoms with Gasteiger partial charge in [-0.3, -0.25) is 0 Å². The highest BCUT2D eigenvalue weighted by Crippen LogP contribution is 2.29. The summed E-state index contributed by atoms with van der Waals surface area (Å²) in [6.07, 6.45) is 4.35. The van der Waals surface area contributed by atoms with Crippen LogP contribution in [0, 0.1) is 0 Å². The van der Waals surface area contributed by atoms with Crippen LogP contribution in [0.25, 0.3) is 12.2 Å². The highest BCUT2D eigenvalue weighted by molar-refractivity contribution is 6.30. The lowest BCUT2D eigenvalue weighted by atomic mass is 10.00. The van der Waals surface area contributed by atoms with E-state index in [0.29, 0.717) is 6.61 Å². The number of benzene rings is 2. The van der Waals surface area contributed by atoms with E-state index in [4.69, 9.17) is 16.3 Å². The number of rotatable bonds is 2. The summed E-state index contributed by atoms with van der Waals surface area (Å²) in [6, 6.07) is 15.9. The van der Waals surface area contributed by atoms with Gasteiger partial charge in [0, 0.05) is 10.6 Å². The van der Waals surface area contributed by atoms with Gasteiger partial charge in [0.05, 0.1) is 0 Å². The Kier molecular flexibility index (Phi) is 3.62. The average molecular weight is 283 g/mol. The first-order chi connectivity index (χ1) is 9.72. The van der Waals surface area contributed by atoms with Gasteiger partial charge >= 0.3 is 0 Å². The van der Waals surface area contributed by atoms with E-state index in [1.807, 2.05) is 42.5 Å². The molecular weight excluding hydrogens is 268 g/mol. The van der Waals surface area contributed by atoms with Crippen LogP contribution >= 0.6 is 11.6 Å². The molecule has 0 atom stereocenters. The smallest absolute Gasteiger partial charge is 0.127 e. The predicted octanol–water partition coefficient (Wildman–Crippen LogP) is 5.22. The molecule has 0 saturated heterocycles. The molecule has 100 valence electrons. The average Bonchev–Trinajstić information content (AvgIpc) is 2.49. The molecule has 0 radical (unpaired) electrons. The molecule has 1 nitrogen and oxygen atoms in total. The van der Waals surface area contributed by atoms with E-state index >= 15 is 0 Å². The molecule has 0 saturated carbocycles. The van der Waals surface area contributed by atoms with E-state index in [0.717, 1.165) is 21.9 Å². The van der Waals surface area contributed by atoms with Crippen molar-refractivity contribution in [1.29, 1.82) is 0 Å². The Morgan fingerprint density at radius 1 is 1.10 bits per heavy atom.